The van der Waals surface area contributed by atoms with Crippen LogP contribution < -0.4 is 0 Å². The first-order valence-corrected chi connectivity index (χ1v) is 7.31. The van der Waals surface area contributed by atoms with Gasteiger partial charge in [0.1, 0.15) is 12.2 Å². The Hall–Kier alpha value is -0.750. The first-order valence-electron chi connectivity index (χ1n) is 6.26. The Morgan fingerprint density at radius 2 is 2.17 bits per heavy atom. The van der Waals surface area contributed by atoms with Crippen LogP contribution in [0.25, 0.3) is 0 Å². The standard InChI is InChI=1S/C12H19NO4S/c1-12(17-6-10(14)15)7-13(8-12)11(16)9-4-2-3-5-18-9/h9H,2-8H2,1H3,(H,14,15). The molecule has 2 aliphatic rings. The number of amides is 1. The van der Waals surface area contributed by atoms with Crippen molar-refractivity contribution in [2.75, 3.05) is 25.4 Å². The number of thioether (sulfide) groups is 1. The van der Waals surface area contributed by atoms with Gasteiger partial charge < -0.3 is 14.7 Å². The third-order valence-electron chi connectivity index (χ3n) is 3.36. The van der Waals surface area contributed by atoms with E-state index < -0.39 is 11.6 Å². The molecule has 2 fully saturated rings. The lowest BCUT2D eigenvalue weighted by atomic mass is 9.95. The highest BCUT2D eigenvalue weighted by atomic mass is 32.2. The molecule has 1 N–H and O–H groups in total. The maximum Gasteiger partial charge on any atom is 0.329 e. The molecule has 2 saturated heterocycles. The number of hydrogen-bond donors (Lipinski definition) is 1. The lowest BCUT2D eigenvalue weighted by molar-refractivity contribution is -0.173. The Morgan fingerprint density at radius 3 is 2.72 bits per heavy atom. The molecule has 18 heavy (non-hydrogen) atoms. The molecule has 1 unspecified atom stereocenters. The van der Waals surface area contributed by atoms with Crippen LogP contribution in [0.15, 0.2) is 0 Å². The number of hydrogen-bond acceptors (Lipinski definition) is 4. The maximum atomic E-state index is 12.1. The van der Waals surface area contributed by atoms with E-state index in [1.807, 2.05) is 6.92 Å². The second-order valence-electron chi connectivity index (χ2n) is 5.18. The Morgan fingerprint density at radius 1 is 1.44 bits per heavy atom. The van der Waals surface area contributed by atoms with Crippen LogP contribution in [0.5, 0.6) is 0 Å². The minimum atomic E-state index is -0.969. The molecule has 0 aromatic heterocycles. The second-order valence-corrected chi connectivity index (χ2v) is 6.49. The van der Waals surface area contributed by atoms with E-state index in [4.69, 9.17) is 9.84 Å². The van der Waals surface area contributed by atoms with Crippen LogP contribution in [0.4, 0.5) is 0 Å². The zero-order valence-corrected chi connectivity index (χ0v) is 11.4. The highest BCUT2D eigenvalue weighted by molar-refractivity contribution is 8.00. The summed E-state index contributed by atoms with van der Waals surface area (Å²) in [4.78, 5) is 24.4. The van der Waals surface area contributed by atoms with E-state index in [1.165, 1.54) is 6.42 Å². The Bertz CT molecular complexity index is 335. The average molecular weight is 273 g/mol. The number of likely N-dealkylation sites (tertiary alicyclic amines) is 1. The lowest BCUT2D eigenvalue weighted by Crippen LogP contribution is -2.64. The monoisotopic (exact) mass is 273 g/mol. The van der Waals surface area contributed by atoms with Gasteiger partial charge in [-0.1, -0.05) is 6.42 Å². The fraction of sp³-hybridized carbons (Fsp3) is 0.833. The van der Waals surface area contributed by atoms with Crippen LogP contribution in [0.2, 0.25) is 0 Å². The van der Waals surface area contributed by atoms with Gasteiger partial charge in [0.15, 0.2) is 0 Å². The summed E-state index contributed by atoms with van der Waals surface area (Å²) in [6.45, 7) is 2.58. The van der Waals surface area contributed by atoms with Crippen LogP contribution in [-0.2, 0) is 14.3 Å². The Labute approximate surface area is 111 Å². The van der Waals surface area contributed by atoms with E-state index >= 15 is 0 Å². The SMILES string of the molecule is CC1(OCC(=O)O)CN(C(=O)C2CCCCS2)C1. The van der Waals surface area contributed by atoms with Gasteiger partial charge in [-0.2, -0.15) is 0 Å². The molecule has 1 amide bonds. The van der Waals surface area contributed by atoms with Gasteiger partial charge in [-0.05, 0) is 25.5 Å². The summed E-state index contributed by atoms with van der Waals surface area (Å²) in [6.07, 6.45) is 3.30. The molecule has 0 spiro atoms. The van der Waals surface area contributed by atoms with E-state index in [1.54, 1.807) is 16.7 Å². The molecule has 2 heterocycles. The smallest absolute Gasteiger partial charge is 0.329 e. The van der Waals surface area contributed by atoms with Crippen molar-refractivity contribution in [1.82, 2.24) is 4.90 Å². The zero-order valence-electron chi connectivity index (χ0n) is 10.6. The minimum absolute atomic E-state index is 0.0998. The molecule has 0 aliphatic carbocycles. The number of carboxylic acid groups (broad SMARTS) is 1. The fourth-order valence-corrected chi connectivity index (χ4v) is 3.66. The molecule has 5 nitrogen and oxygen atoms in total. The summed E-state index contributed by atoms with van der Waals surface area (Å²) in [5.74, 6) is 0.289. The molecule has 0 aromatic carbocycles. The molecule has 0 aromatic rings. The molecular weight excluding hydrogens is 254 g/mol. The Kier molecular flexibility index (Phi) is 4.17. The first kappa shape index (κ1) is 13.7. The van der Waals surface area contributed by atoms with Gasteiger partial charge in [-0.25, -0.2) is 4.79 Å². The largest absolute Gasteiger partial charge is 0.480 e. The van der Waals surface area contributed by atoms with E-state index in [9.17, 15) is 9.59 Å². The summed E-state index contributed by atoms with van der Waals surface area (Å²) in [5, 5.41) is 8.67. The van der Waals surface area contributed by atoms with Crippen molar-refractivity contribution in [1.29, 1.82) is 0 Å². The van der Waals surface area contributed by atoms with Gasteiger partial charge in [0, 0.05) is 0 Å². The summed E-state index contributed by atoms with van der Waals surface area (Å²) in [5.41, 5.74) is -0.479. The molecule has 102 valence electrons. The molecule has 2 rings (SSSR count). The Balaban J connectivity index is 1.77. The van der Waals surface area contributed by atoms with Crippen LogP contribution in [-0.4, -0.2) is 58.2 Å². The van der Waals surface area contributed by atoms with Gasteiger partial charge in [-0.3, -0.25) is 4.79 Å². The molecule has 6 heteroatoms. The maximum absolute atomic E-state index is 12.1. The minimum Gasteiger partial charge on any atom is -0.480 e. The fourth-order valence-electron chi connectivity index (χ4n) is 2.38. The molecule has 0 saturated carbocycles. The zero-order chi connectivity index (χ0) is 13.2. The second kappa shape index (κ2) is 5.48. The predicted molar refractivity (Wildman–Crippen MR) is 68.7 cm³/mol. The van der Waals surface area contributed by atoms with Crippen molar-refractivity contribution in [2.45, 2.75) is 37.0 Å². The molecule has 2 aliphatic heterocycles. The lowest BCUT2D eigenvalue weighted by Gasteiger charge is -2.48. The number of carbonyl (C=O) groups excluding carboxylic acids is 1. The van der Waals surface area contributed by atoms with Crippen molar-refractivity contribution >= 4 is 23.6 Å². The van der Waals surface area contributed by atoms with Crippen LogP contribution in [0.3, 0.4) is 0 Å². The van der Waals surface area contributed by atoms with Crippen molar-refractivity contribution in [3.05, 3.63) is 0 Å². The van der Waals surface area contributed by atoms with Crippen LogP contribution in [0.1, 0.15) is 26.2 Å². The number of rotatable bonds is 4. The van der Waals surface area contributed by atoms with Gasteiger partial charge >= 0.3 is 5.97 Å². The van der Waals surface area contributed by atoms with E-state index in [2.05, 4.69) is 0 Å². The summed E-state index contributed by atoms with van der Waals surface area (Å²) < 4.78 is 5.29. The topological polar surface area (TPSA) is 66.8 Å². The summed E-state index contributed by atoms with van der Waals surface area (Å²) >= 11 is 1.74. The van der Waals surface area contributed by atoms with Gasteiger partial charge in [-0.15, -0.1) is 11.8 Å². The van der Waals surface area contributed by atoms with Crippen LogP contribution >= 0.6 is 11.8 Å². The third-order valence-corrected chi connectivity index (χ3v) is 4.73. The first-order chi connectivity index (χ1) is 8.50. The molecule has 1 atom stereocenters. The van der Waals surface area contributed by atoms with Crippen molar-refractivity contribution in [3.8, 4) is 0 Å². The summed E-state index contributed by atoms with van der Waals surface area (Å²) in [6, 6.07) is 0. The molecular formula is C12H19NO4S. The van der Waals surface area contributed by atoms with Gasteiger partial charge in [0.05, 0.1) is 18.3 Å². The number of carboxylic acids is 1. The number of ether oxygens (including phenoxy) is 1. The number of carbonyl (C=O) groups is 2. The highest BCUT2D eigenvalue weighted by Gasteiger charge is 2.44. The van der Waals surface area contributed by atoms with Crippen molar-refractivity contribution in [2.24, 2.45) is 0 Å². The van der Waals surface area contributed by atoms with E-state index in [-0.39, 0.29) is 17.8 Å². The van der Waals surface area contributed by atoms with Gasteiger partial charge in [0.2, 0.25) is 5.91 Å². The van der Waals surface area contributed by atoms with Crippen LogP contribution in [0, 0.1) is 0 Å². The third kappa shape index (κ3) is 3.17. The highest BCUT2D eigenvalue weighted by Crippen LogP contribution is 2.31. The van der Waals surface area contributed by atoms with E-state index in [0.29, 0.717) is 13.1 Å². The number of aliphatic carboxylic acids is 1. The van der Waals surface area contributed by atoms with E-state index in [0.717, 1.165) is 18.6 Å². The van der Waals surface area contributed by atoms with Gasteiger partial charge in [0.25, 0.3) is 0 Å². The predicted octanol–water partition coefficient (Wildman–Crippen LogP) is 0.974. The quantitative estimate of drug-likeness (QED) is 0.827. The molecule has 0 bridgehead atoms. The molecule has 0 radical (unpaired) electrons. The average Bonchev–Trinajstić information content (AvgIpc) is 2.33. The normalized spacial score (nSPS) is 26.5. The van der Waals surface area contributed by atoms with Crippen molar-refractivity contribution in [3.63, 3.8) is 0 Å². The summed E-state index contributed by atoms with van der Waals surface area (Å²) in [7, 11) is 0. The van der Waals surface area contributed by atoms with Crippen molar-refractivity contribution < 1.29 is 19.4 Å². The number of nitrogens with zero attached hydrogens (tertiary/aromatic N) is 1.